The van der Waals surface area contributed by atoms with Crippen LogP contribution in [0.3, 0.4) is 0 Å². The Kier molecular flexibility index (Phi) is 6.98. The first-order valence-corrected chi connectivity index (χ1v) is 7.22. The molecule has 0 aliphatic carbocycles. The summed E-state index contributed by atoms with van der Waals surface area (Å²) < 4.78 is 1.77. The summed E-state index contributed by atoms with van der Waals surface area (Å²) in [4.78, 5) is 2.11. The third-order valence-electron chi connectivity index (χ3n) is 3.54. The maximum atomic E-state index is 10.1. The molecule has 1 unspecified atom stereocenters. The van der Waals surface area contributed by atoms with Crippen LogP contribution in [0.25, 0.3) is 0 Å². The van der Waals surface area contributed by atoms with Crippen LogP contribution >= 0.6 is 0 Å². The van der Waals surface area contributed by atoms with Gasteiger partial charge in [0.15, 0.2) is 0 Å². The Hall–Kier alpha value is -1.11. The van der Waals surface area contributed by atoms with Crippen LogP contribution in [-0.4, -0.2) is 57.7 Å². The number of aromatic nitrogens is 2. The van der Waals surface area contributed by atoms with E-state index in [0.717, 1.165) is 37.2 Å². The molecule has 0 aliphatic rings. The van der Waals surface area contributed by atoms with Crippen molar-refractivity contribution in [3.05, 3.63) is 11.4 Å². The van der Waals surface area contributed by atoms with Gasteiger partial charge in [0.2, 0.25) is 0 Å². The summed E-state index contributed by atoms with van der Waals surface area (Å²) in [6.45, 7) is 6.05. The predicted molar refractivity (Wildman–Crippen MR) is 80.6 cm³/mol. The van der Waals surface area contributed by atoms with Crippen molar-refractivity contribution in [2.24, 2.45) is 0 Å². The lowest BCUT2D eigenvalue weighted by Crippen LogP contribution is -2.33. The van der Waals surface area contributed by atoms with Crippen LogP contribution in [0.2, 0.25) is 0 Å². The molecule has 20 heavy (non-hydrogen) atoms. The fraction of sp³-hybridized carbons (Fsp3) is 0.786. The SMILES string of the molecule is Cc1nn(CC(O)CN(C)CCCCCO)c(C)c1N. The number of hydrogen-bond acceptors (Lipinski definition) is 5. The third-order valence-corrected chi connectivity index (χ3v) is 3.54. The van der Waals surface area contributed by atoms with E-state index in [-0.39, 0.29) is 6.61 Å². The first-order chi connectivity index (χ1) is 9.45. The molecule has 6 nitrogen and oxygen atoms in total. The van der Waals surface area contributed by atoms with Crippen LogP contribution < -0.4 is 5.73 Å². The zero-order valence-corrected chi connectivity index (χ0v) is 12.8. The van der Waals surface area contributed by atoms with Gasteiger partial charge >= 0.3 is 0 Å². The molecule has 4 N–H and O–H groups in total. The Balaban J connectivity index is 2.35. The van der Waals surface area contributed by atoms with Gasteiger partial charge in [0.25, 0.3) is 0 Å². The Morgan fingerprint density at radius 3 is 2.55 bits per heavy atom. The Morgan fingerprint density at radius 1 is 1.30 bits per heavy atom. The van der Waals surface area contributed by atoms with E-state index >= 15 is 0 Å². The van der Waals surface area contributed by atoms with Gasteiger partial charge in [0.1, 0.15) is 0 Å². The van der Waals surface area contributed by atoms with E-state index in [2.05, 4.69) is 10.00 Å². The van der Waals surface area contributed by atoms with Crippen LogP contribution in [0.15, 0.2) is 0 Å². The van der Waals surface area contributed by atoms with Gasteiger partial charge in [0.05, 0.1) is 29.7 Å². The van der Waals surface area contributed by atoms with E-state index in [0.29, 0.717) is 18.8 Å². The second kappa shape index (κ2) is 8.24. The van der Waals surface area contributed by atoms with Crippen LogP contribution in [0.1, 0.15) is 30.7 Å². The maximum Gasteiger partial charge on any atom is 0.0862 e. The van der Waals surface area contributed by atoms with Gasteiger partial charge in [0, 0.05) is 13.2 Å². The molecule has 0 aliphatic heterocycles. The minimum Gasteiger partial charge on any atom is -0.396 e. The Labute approximate surface area is 121 Å². The maximum absolute atomic E-state index is 10.1. The molecule has 1 rings (SSSR count). The molecule has 0 saturated carbocycles. The van der Waals surface area contributed by atoms with Crippen LogP contribution in [0, 0.1) is 13.8 Å². The molecule has 0 aromatic carbocycles. The van der Waals surface area contributed by atoms with Gasteiger partial charge in [-0.2, -0.15) is 5.10 Å². The fourth-order valence-corrected chi connectivity index (χ4v) is 2.27. The van der Waals surface area contributed by atoms with E-state index < -0.39 is 6.10 Å². The summed E-state index contributed by atoms with van der Waals surface area (Å²) >= 11 is 0. The van der Waals surface area contributed by atoms with E-state index in [4.69, 9.17) is 10.8 Å². The average Bonchev–Trinajstić information content (AvgIpc) is 2.62. The Bertz CT molecular complexity index is 406. The second-order valence-electron chi connectivity index (χ2n) is 5.47. The number of aliphatic hydroxyl groups excluding tert-OH is 2. The summed E-state index contributed by atoms with van der Waals surface area (Å²) in [5.41, 5.74) is 8.30. The first-order valence-electron chi connectivity index (χ1n) is 7.22. The highest BCUT2D eigenvalue weighted by atomic mass is 16.3. The molecule has 0 bridgehead atoms. The molecular weight excluding hydrogens is 256 g/mol. The normalized spacial score (nSPS) is 13.1. The van der Waals surface area contributed by atoms with Crippen molar-refractivity contribution in [2.75, 3.05) is 32.5 Å². The second-order valence-corrected chi connectivity index (χ2v) is 5.47. The minimum absolute atomic E-state index is 0.256. The topological polar surface area (TPSA) is 87.5 Å². The number of nitrogens with two attached hydrogens (primary N) is 1. The summed E-state index contributed by atoms with van der Waals surface area (Å²) in [6, 6.07) is 0. The van der Waals surface area contributed by atoms with Crippen molar-refractivity contribution < 1.29 is 10.2 Å². The lowest BCUT2D eigenvalue weighted by molar-refractivity contribution is 0.104. The van der Waals surface area contributed by atoms with Crippen molar-refractivity contribution in [3.63, 3.8) is 0 Å². The number of aliphatic hydroxyl groups is 2. The molecule has 1 heterocycles. The van der Waals surface area contributed by atoms with Gasteiger partial charge in [-0.15, -0.1) is 0 Å². The van der Waals surface area contributed by atoms with Gasteiger partial charge in [-0.25, -0.2) is 0 Å². The fourth-order valence-electron chi connectivity index (χ4n) is 2.27. The van der Waals surface area contributed by atoms with Crippen LogP contribution in [0.4, 0.5) is 5.69 Å². The predicted octanol–water partition coefficient (Wildman–Crippen LogP) is 0.537. The quantitative estimate of drug-likeness (QED) is 0.576. The minimum atomic E-state index is -0.463. The zero-order valence-electron chi connectivity index (χ0n) is 12.8. The summed E-state index contributed by atoms with van der Waals surface area (Å²) in [6.07, 6.45) is 2.44. The number of aryl methyl sites for hydroxylation is 1. The van der Waals surface area contributed by atoms with Crippen molar-refractivity contribution in [2.45, 2.75) is 45.8 Å². The number of hydrogen-bond donors (Lipinski definition) is 3. The van der Waals surface area contributed by atoms with Crippen molar-refractivity contribution in [3.8, 4) is 0 Å². The van der Waals surface area contributed by atoms with Crippen molar-refractivity contribution in [1.29, 1.82) is 0 Å². The van der Waals surface area contributed by atoms with Crippen molar-refractivity contribution >= 4 is 5.69 Å². The summed E-state index contributed by atoms with van der Waals surface area (Å²) in [5.74, 6) is 0. The smallest absolute Gasteiger partial charge is 0.0862 e. The van der Waals surface area contributed by atoms with Gasteiger partial charge in [-0.05, 0) is 46.7 Å². The van der Waals surface area contributed by atoms with Crippen LogP contribution in [-0.2, 0) is 6.54 Å². The average molecular weight is 284 g/mol. The molecule has 0 fully saturated rings. The zero-order chi connectivity index (χ0) is 15.1. The van der Waals surface area contributed by atoms with Crippen molar-refractivity contribution in [1.82, 2.24) is 14.7 Å². The number of likely N-dealkylation sites (N-methyl/N-ethyl adjacent to an activating group) is 1. The lowest BCUT2D eigenvalue weighted by atomic mass is 10.2. The number of anilines is 1. The van der Waals surface area contributed by atoms with Gasteiger partial charge in [-0.3, -0.25) is 4.68 Å². The summed E-state index contributed by atoms with van der Waals surface area (Å²) in [5, 5.41) is 23.2. The molecule has 1 atom stereocenters. The summed E-state index contributed by atoms with van der Waals surface area (Å²) in [7, 11) is 2.00. The highest BCUT2D eigenvalue weighted by Gasteiger charge is 2.13. The molecule has 6 heteroatoms. The molecule has 0 radical (unpaired) electrons. The molecular formula is C14H28N4O2. The lowest BCUT2D eigenvalue weighted by Gasteiger charge is -2.20. The van der Waals surface area contributed by atoms with E-state index in [9.17, 15) is 5.11 Å². The molecule has 0 saturated heterocycles. The van der Waals surface area contributed by atoms with Gasteiger partial charge < -0.3 is 20.8 Å². The molecule has 116 valence electrons. The van der Waals surface area contributed by atoms with E-state index in [1.165, 1.54) is 0 Å². The Morgan fingerprint density at radius 2 is 2.00 bits per heavy atom. The van der Waals surface area contributed by atoms with E-state index in [1.807, 2.05) is 20.9 Å². The molecule has 0 spiro atoms. The third kappa shape index (κ3) is 5.11. The van der Waals surface area contributed by atoms with E-state index in [1.54, 1.807) is 4.68 Å². The first kappa shape index (κ1) is 16.9. The number of nitrogen functional groups attached to an aromatic ring is 1. The standard InChI is InChI=1S/C14H28N4O2/c1-11-14(15)12(2)18(16-11)10-13(20)9-17(3)7-5-4-6-8-19/h13,19-20H,4-10,15H2,1-3H3. The molecule has 1 aromatic rings. The molecule has 1 aromatic heterocycles. The number of nitrogens with zero attached hydrogens (tertiary/aromatic N) is 3. The monoisotopic (exact) mass is 284 g/mol. The number of rotatable bonds is 9. The van der Waals surface area contributed by atoms with Gasteiger partial charge in [-0.1, -0.05) is 0 Å². The highest BCUT2D eigenvalue weighted by molar-refractivity contribution is 5.46. The molecule has 0 amide bonds. The highest BCUT2D eigenvalue weighted by Crippen LogP contribution is 2.15. The number of unbranched alkanes of at least 4 members (excludes halogenated alkanes) is 2. The van der Waals surface area contributed by atoms with Crippen LogP contribution in [0.5, 0.6) is 0 Å². The largest absolute Gasteiger partial charge is 0.396 e.